The number of hydrogen-bond acceptors (Lipinski definition) is 1. The first-order valence-electron chi connectivity index (χ1n) is 14.6. The number of fused-ring (bicyclic) bond motifs is 7. The van der Waals surface area contributed by atoms with Crippen LogP contribution in [0.2, 0.25) is 0 Å². The van der Waals surface area contributed by atoms with E-state index in [9.17, 15) is 0 Å². The van der Waals surface area contributed by atoms with Gasteiger partial charge in [-0.15, -0.1) is 47.3 Å². The smallest absolute Gasteiger partial charge is 0.342 e. The van der Waals surface area contributed by atoms with E-state index in [0.717, 1.165) is 22.5 Å². The maximum absolute atomic E-state index is 4.22. The van der Waals surface area contributed by atoms with Gasteiger partial charge in [-0.2, -0.15) is 12.1 Å². The predicted molar refractivity (Wildman–Crippen MR) is 175 cm³/mol. The Balaban J connectivity index is 0.000000203. The van der Waals surface area contributed by atoms with Gasteiger partial charge in [0.15, 0.2) is 0 Å². The predicted octanol–water partition coefficient (Wildman–Crippen LogP) is 8.80. The Bertz CT molecular complexity index is 2330. The molecular weight excluding hydrogens is 717 g/mol. The molecule has 0 aliphatic rings. The maximum atomic E-state index is 4.22. The first-order chi connectivity index (χ1) is 21.2. The van der Waals surface area contributed by atoms with Crippen LogP contribution in [0.25, 0.3) is 66.1 Å². The van der Waals surface area contributed by atoms with Gasteiger partial charge in [0.05, 0.1) is 22.6 Å². The number of pyridine rings is 1. The SMILES string of the molecule is CC(C)[n+]1[c-]n(-c2[c-]cc3c4cccc5c6ccccc6n(c3c2)c54)c2ccccc21.[Ir+3].[c-]1ccccc1-c1ccccn1. The third kappa shape index (κ3) is 4.48. The number of nitrogens with zero attached hydrogens (tertiary/aromatic N) is 4. The number of benzene rings is 5. The van der Waals surface area contributed by atoms with Crippen LogP contribution in [0.1, 0.15) is 19.9 Å². The topological polar surface area (TPSA) is 26.1 Å². The zero-order chi connectivity index (χ0) is 28.9. The fourth-order valence-corrected chi connectivity index (χ4v) is 6.21. The fraction of sp³-hybridized carbons (Fsp3) is 0.0769. The summed E-state index contributed by atoms with van der Waals surface area (Å²) < 4.78 is 6.75. The van der Waals surface area contributed by atoms with Gasteiger partial charge in [0.1, 0.15) is 0 Å². The summed E-state index contributed by atoms with van der Waals surface area (Å²) in [5.41, 5.74) is 9.10. The fourth-order valence-electron chi connectivity index (χ4n) is 6.21. The normalized spacial score (nSPS) is 11.4. The molecule has 5 heteroatoms. The molecule has 0 fully saturated rings. The summed E-state index contributed by atoms with van der Waals surface area (Å²) in [6.07, 6.45) is 5.35. The molecule has 0 N–H and O–H groups in total. The minimum absolute atomic E-state index is 0. The Labute approximate surface area is 269 Å². The second-order valence-corrected chi connectivity index (χ2v) is 11.1. The van der Waals surface area contributed by atoms with Crippen molar-refractivity contribution in [1.82, 2.24) is 14.0 Å². The molecular formula is C39H28IrN4+. The molecule has 0 spiro atoms. The molecule has 212 valence electrons. The molecule has 0 aliphatic carbocycles. The molecule has 5 aromatic carbocycles. The van der Waals surface area contributed by atoms with E-state index in [-0.39, 0.29) is 20.1 Å². The molecule has 0 saturated heterocycles. The van der Waals surface area contributed by atoms with Crippen LogP contribution in [0, 0.1) is 18.5 Å². The van der Waals surface area contributed by atoms with Gasteiger partial charge in [-0.25, -0.2) is 0 Å². The van der Waals surface area contributed by atoms with Crippen molar-refractivity contribution in [2.24, 2.45) is 0 Å². The molecule has 44 heavy (non-hydrogen) atoms. The number of para-hydroxylation sites is 4. The van der Waals surface area contributed by atoms with Gasteiger partial charge in [0, 0.05) is 22.5 Å². The van der Waals surface area contributed by atoms with Crippen LogP contribution in [0.4, 0.5) is 0 Å². The van der Waals surface area contributed by atoms with Gasteiger partial charge < -0.3 is 18.5 Å². The molecule has 4 heterocycles. The van der Waals surface area contributed by atoms with Gasteiger partial charge in [-0.05, 0) is 37.1 Å². The quantitative estimate of drug-likeness (QED) is 0.131. The van der Waals surface area contributed by atoms with E-state index in [1.807, 2.05) is 42.5 Å². The Kier molecular flexibility index (Phi) is 7.21. The van der Waals surface area contributed by atoms with Gasteiger partial charge in [-0.1, -0.05) is 84.0 Å². The van der Waals surface area contributed by atoms with Crippen LogP contribution >= 0.6 is 0 Å². The van der Waals surface area contributed by atoms with Crippen molar-refractivity contribution in [2.75, 3.05) is 0 Å². The zero-order valence-corrected chi connectivity index (χ0v) is 26.7. The van der Waals surface area contributed by atoms with Crippen LogP contribution in [-0.4, -0.2) is 14.0 Å². The molecule has 9 aromatic rings. The van der Waals surface area contributed by atoms with Crippen molar-refractivity contribution in [3.05, 3.63) is 146 Å². The molecule has 4 aromatic heterocycles. The molecule has 0 aliphatic heterocycles. The van der Waals surface area contributed by atoms with Gasteiger partial charge in [-0.3, -0.25) is 0 Å². The molecule has 0 bridgehead atoms. The molecule has 0 atom stereocenters. The zero-order valence-electron chi connectivity index (χ0n) is 24.3. The van der Waals surface area contributed by atoms with Crippen molar-refractivity contribution < 1.29 is 24.7 Å². The number of imidazole rings is 1. The Hall–Kier alpha value is -4.83. The van der Waals surface area contributed by atoms with E-state index in [2.05, 4.69) is 130 Å². The average Bonchev–Trinajstić information content (AvgIpc) is 3.73. The Morgan fingerprint density at radius 2 is 1.41 bits per heavy atom. The second kappa shape index (κ2) is 11.3. The first kappa shape index (κ1) is 28.0. The number of hydrogen-bond donors (Lipinski definition) is 0. The van der Waals surface area contributed by atoms with Gasteiger partial charge >= 0.3 is 20.1 Å². The minimum Gasteiger partial charge on any atom is -0.342 e. The van der Waals surface area contributed by atoms with Crippen LogP contribution < -0.4 is 4.57 Å². The average molecular weight is 745 g/mol. The molecule has 0 unspecified atom stereocenters. The van der Waals surface area contributed by atoms with E-state index in [1.165, 1.54) is 43.6 Å². The van der Waals surface area contributed by atoms with Crippen molar-refractivity contribution in [2.45, 2.75) is 19.9 Å². The molecule has 4 nitrogen and oxygen atoms in total. The maximum Gasteiger partial charge on any atom is 3.00 e. The summed E-state index contributed by atoms with van der Waals surface area (Å²) in [7, 11) is 0. The third-order valence-electron chi connectivity index (χ3n) is 8.14. The summed E-state index contributed by atoms with van der Waals surface area (Å²) in [5, 5.41) is 5.13. The summed E-state index contributed by atoms with van der Waals surface area (Å²) in [6.45, 7) is 4.39. The summed E-state index contributed by atoms with van der Waals surface area (Å²) >= 11 is 0. The molecule has 0 saturated carbocycles. The summed E-state index contributed by atoms with van der Waals surface area (Å²) in [6, 6.07) is 48.9. The number of aromatic nitrogens is 4. The number of rotatable bonds is 3. The van der Waals surface area contributed by atoms with E-state index in [4.69, 9.17) is 0 Å². The Morgan fingerprint density at radius 3 is 2.18 bits per heavy atom. The van der Waals surface area contributed by atoms with Gasteiger partial charge in [0.25, 0.3) is 0 Å². The van der Waals surface area contributed by atoms with E-state index < -0.39 is 0 Å². The van der Waals surface area contributed by atoms with E-state index in [1.54, 1.807) is 6.20 Å². The minimum atomic E-state index is 0. The van der Waals surface area contributed by atoms with E-state index >= 15 is 0 Å². The van der Waals surface area contributed by atoms with Crippen LogP contribution in [0.15, 0.2) is 128 Å². The molecule has 0 radical (unpaired) electrons. The monoisotopic (exact) mass is 745 g/mol. The van der Waals surface area contributed by atoms with Crippen LogP contribution in [0.3, 0.4) is 0 Å². The van der Waals surface area contributed by atoms with Crippen molar-refractivity contribution in [1.29, 1.82) is 0 Å². The van der Waals surface area contributed by atoms with Crippen LogP contribution in [-0.2, 0) is 20.1 Å². The van der Waals surface area contributed by atoms with Gasteiger partial charge in [0.2, 0.25) is 6.33 Å². The van der Waals surface area contributed by atoms with Crippen molar-refractivity contribution in [3.63, 3.8) is 0 Å². The largest absolute Gasteiger partial charge is 3.00 e. The van der Waals surface area contributed by atoms with E-state index in [0.29, 0.717) is 6.04 Å². The van der Waals surface area contributed by atoms with Crippen molar-refractivity contribution >= 4 is 49.1 Å². The first-order valence-corrected chi connectivity index (χ1v) is 14.6. The van der Waals surface area contributed by atoms with Crippen LogP contribution in [0.5, 0.6) is 0 Å². The molecule has 0 amide bonds. The van der Waals surface area contributed by atoms with Crippen molar-refractivity contribution in [3.8, 4) is 16.9 Å². The Morgan fingerprint density at radius 1 is 0.682 bits per heavy atom. The second-order valence-electron chi connectivity index (χ2n) is 11.1. The third-order valence-corrected chi connectivity index (χ3v) is 8.14. The summed E-state index contributed by atoms with van der Waals surface area (Å²) in [4.78, 5) is 4.22. The molecule has 9 rings (SSSR count). The summed E-state index contributed by atoms with van der Waals surface area (Å²) in [5.74, 6) is 0. The standard InChI is InChI=1S/C28H20N3.C11H8N.Ir/c1-18(2)29-17-30(26-13-6-5-12-25(26)29)19-14-15-21-23-10-7-9-22-20-8-3-4-11-24(20)31(28(22)23)27(21)16-19;1-2-6-10(7-3-1)11-8-4-5-9-12-11;/h3-13,15-16,18H,1-2H3;1-6,8-9H;/q2*-1;+3.